The second-order valence-electron chi connectivity index (χ2n) is 3.81. The molecular weight excluding hydrogens is 247 g/mol. The van der Waals surface area contributed by atoms with E-state index in [2.05, 4.69) is 0 Å². The van der Waals surface area contributed by atoms with E-state index in [0.717, 1.165) is 4.90 Å². The molecule has 1 heterocycles. The van der Waals surface area contributed by atoms with Crippen LogP contribution >= 0.6 is 11.8 Å². The average molecular weight is 260 g/mol. The normalized spacial score (nSPS) is 32.9. The molecule has 4 atom stereocenters. The van der Waals surface area contributed by atoms with Gasteiger partial charge in [-0.3, -0.25) is 0 Å². The molecule has 3 N–H and O–H groups in total. The highest BCUT2D eigenvalue weighted by Crippen LogP contribution is 2.26. The van der Waals surface area contributed by atoms with Crippen LogP contribution in [-0.2, 0) is 4.74 Å². The van der Waals surface area contributed by atoms with Crippen LogP contribution in [0.1, 0.15) is 0 Å². The van der Waals surface area contributed by atoms with Gasteiger partial charge in [0.15, 0.2) is 6.29 Å². The van der Waals surface area contributed by atoms with Crippen LogP contribution in [0.5, 0.6) is 0 Å². The molecule has 1 saturated heterocycles. The second kappa shape index (κ2) is 5.32. The van der Waals surface area contributed by atoms with Gasteiger partial charge in [0.25, 0.3) is 0 Å². The third-order valence-electron chi connectivity index (χ3n) is 2.57. The number of aliphatic hydroxyl groups is 3. The number of aliphatic hydroxyl groups excluding tert-OH is 3. The average Bonchev–Trinajstić information content (AvgIpc) is 2.56. The van der Waals surface area contributed by atoms with Crippen molar-refractivity contribution in [3.8, 4) is 0 Å². The van der Waals surface area contributed by atoms with E-state index in [1.807, 2.05) is 0 Å². The Morgan fingerprint density at radius 1 is 1.12 bits per heavy atom. The highest BCUT2D eigenvalue weighted by atomic mass is 32.2. The predicted molar refractivity (Wildman–Crippen MR) is 60.0 cm³/mol. The van der Waals surface area contributed by atoms with Crippen LogP contribution in [0, 0.1) is 5.82 Å². The SMILES string of the molecule is OC1O[C@H](CSc2ccc(F)cc2)[C@@H](O)[C@H]1O. The molecule has 1 unspecified atom stereocenters. The van der Waals surface area contributed by atoms with Crippen molar-refractivity contribution in [1.29, 1.82) is 0 Å². The van der Waals surface area contributed by atoms with Gasteiger partial charge < -0.3 is 20.1 Å². The molecule has 0 aromatic heterocycles. The molecular formula is C11H13FO4S. The van der Waals surface area contributed by atoms with Crippen LogP contribution in [-0.4, -0.2) is 45.7 Å². The first-order chi connectivity index (χ1) is 8.08. The van der Waals surface area contributed by atoms with Crippen LogP contribution in [0.2, 0.25) is 0 Å². The van der Waals surface area contributed by atoms with Crippen molar-refractivity contribution >= 4 is 11.8 Å². The zero-order valence-electron chi connectivity index (χ0n) is 8.86. The lowest BCUT2D eigenvalue weighted by molar-refractivity contribution is -0.123. The maximum absolute atomic E-state index is 12.7. The molecule has 1 aromatic rings. The molecule has 0 saturated carbocycles. The minimum absolute atomic E-state index is 0.308. The number of halogens is 1. The smallest absolute Gasteiger partial charge is 0.183 e. The molecule has 6 heteroatoms. The lowest BCUT2D eigenvalue weighted by atomic mass is 10.2. The predicted octanol–water partition coefficient (Wildman–Crippen LogP) is 0.357. The van der Waals surface area contributed by atoms with Crippen LogP contribution in [0.3, 0.4) is 0 Å². The Kier molecular flexibility index (Phi) is 4.01. The van der Waals surface area contributed by atoms with Gasteiger partial charge in [0.05, 0.1) is 6.10 Å². The van der Waals surface area contributed by atoms with Crippen LogP contribution in [0.15, 0.2) is 29.2 Å². The summed E-state index contributed by atoms with van der Waals surface area (Å²) in [5, 5.41) is 28.0. The maximum Gasteiger partial charge on any atom is 0.183 e. The number of rotatable bonds is 3. The lowest BCUT2D eigenvalue weighted by Crippen LogP contribution is -2.33. The molecule has 94 valence electrons. The van der Waals surface area contributed by atoms with Gasteiger partial charge in [0, 0.05) is 10.6 Å². The molecule has 4 nitrogen and oxygen atoms in total. The van der Waals surface area contributed by atoms with E-state index in [0.29, 0.717) is 5.75 Å². The van der Waals surface area contributed by atoms with E-state index >= 15 is 0 Å². The maximum atomic E-state index is 12.7. The van der Waals surface area contributed by atoms with E-state index in [1.165, 1.54) is 23.9 Å². The largest absolute Gasteiger partial charge is 0.387 e. The number of hydrogen-bond acceptors (Lipinski definition) is 5. The number of hydrogen-bond donors (Lipinski definition) is 3. The quantitative estimate of drug-likeness (QED) is 0.684. The highest BCUT2D eigenvalue weighted by Gasteiger charge is 2.41. The first-order valence-electron chi connectivity index (χ1n) is 5.16. The molecule has 0 amide bonds. The Balaban J connectivity index is 1.88. The summed E-state index contributed by atoms with van der Waals surface area (Å²) in [6.45, 7) is 0. The fourth-order valence-corrected chi connectivity index (χ4v) is 2.54. The Morgan fingerprint density at radius 2 is 1.76 bits per heavy atom. The van der Waals surface area contributed by atoms with Gasteiger partial charge in [0.1, 0.15) is 18.0 Å². The second-order valence-corrected chi connectivity index (χ2v) is 4.90. The highest BCUT2D eigenvalue weighted by molar-refractivity contribution is 7.99. The Bertz CT molecular complexity index is 372. The minimum atomic E-state index is -1.34. The van der Waals surface area contributed by atoms with Crippen molar-refractivity contribution in [3.63, 3.8) is 0 Å². The standard InChI is InChI=1S/C11H13FO4S/c12-6-1-3-7(4-2-6)17-5-8-9(13)10(14)11(15)16-8/h1-4,8-11,13-15H,5H2/t8-,9-,10-,11?/m1/s1. The zero-order valence-corrected chi connectivity index (χ0v) is 9.68. The summed E-state index contributed by atoms with van der Waals surface area (Å²) in [7, 11) is 0. The Morgan fingerprint density at radius 3 is 2.29 bits per heavy atom. The van der Waals surface area contributed by atoms with Crippen molar-refractivity contribution in [2.75, 3.05) is 5.75 Å². The lowest BCUT2D eigenvalue weighted by Gasteiger charge is -2.13. The molecule has 0 radical (unpaired) electrons. The fraction of sp³-hybridized carbons (Fsp3) is 0.455. The van der Waals surface area contributed by atoms with Gasteiger partial charge in [-0.05, 0) is 24.3 Å². The van der Waals surface area contributed by atoms with Gasteiger partial charge in [-0.1, -0.05) is 0 Å². The summed E-state index contributed by atoms with van der Waals surface area (Å²) in [4.78, 5) is 0.832. The van der Waals surface area contributed by atoms with Gasteiger partial charge in [0.2, 0.25) is 0 Å². The molecule has 0 bridgehead atoms. The van der Waals surface area contributed by atoms with Crippen molar-refractivity contribution in [1.82, 2.24) is 0 Å². The number of ether oxygens (including phenoxy) is 1. The van der Waals surface area contributed by atoms with E-state index in [-0.39, 0.29) is 5.82 Å². The first-order valence-corrected chi connectivity index (χ1v) is 6.14. The van der Waals surface area contributed by atoms with Gasteiger partial charge >= 0.3 is 0 Å². The fourth-order valence-electron chi connectivity index (χ4n) is 1.58. The Labute approximate surface area is 102 Å². The van der Waals surface area contributed by atoms with Gasteiger partial charge in [-0.15, -0.1) is 11.8 Å². The third-order valence-corrected chi connectivity index (χ3v) is 3.67. The summed E-state index contributed by atoms with van der Waals surface area (Å²) in [5.74, 6) is 0.0679. The first kappa shape index (κ1) is 12.8. The van der Waals surface area contributed by atoms with E-state index < -0.39 is 24.6 Å². The van der Waals surface area contributed by atoms with Crippen molar-refractivity contribution in [2.45, 2.75) is 29.5 Å². The molecule has 0 aliphatic carbocycles. The molecule has 1 aliphatic rings. The molecule has 17 heavy (non-hydrogen) atoms. The summed E-state index contributed by atoms with van der Waals surface area (Å²) < 4.78 is 17.6. The summed E-state index contributed by atoms with van der Waals surface area (Å²) in [5.41, 5.74) is 0. The molecule has 1 fully saturated rings. The summed E-state index contributed by atoms with van der Waals surface area (Å²) in [6, 6.07) is 5.93. The van der Waals surface area contributed by atoms with E-state index in [1.54, 1.807) is 12.1 Å². The molecule has 1 aliphatic heterocycles. The topological polar surface area (TPSA) is 69.9 Å². The summed E-state index contributed by atoms with van der Waals surface area (Å²) >= 11 is 1.36. The van der Waals surface area contributed by atoms with Crippen LogP contribution in [0.25, 0.3) is 0 Å². The van der Waals surface area contributed by atoms with E-state index in [9.17, 15) is 19.7 Å². The van der Waals surface area contributed by atoms with Crippen LogP contribution < -0.4 is 0 Å². The minimum Gasteiger partial charge on any atom is -0.387 e. The molecule has 2 rings (SSSR count). The van der Waals surface area contributed by atoms with Crippen LogP contribution in [0.4, 0.5) is 4.39 Å². The van der Waals surface area contributed by atoms with E-state index in [4.69, 9.17) is 4.74 Å². The summed E-state index contributed by atoms with van der Waals surface area (Å²) in [6.07, 6.45) is -4.34. The molecule has 0 spiro atoms. The Hall–Kier alpha value is -0.660. The third kappa shape index (κ3) is 2.97. The monoisotopic (exact) mass is 260 g/mol. The zero-order chi connectivity index (χ0) is 12.4. The molecule has 1 aromatic carbocycles. The number of thioether (sulfide) groups is 1. The van der Waals surface area contributed by atoms with Crippen molar-refractivity contribution < 1.29 is 24.4 Å². The van der Waals surface area contributed by atoms with Crippen molar-refractivity contribution in [3.05, 3.63) is 30.1 Å². The van der Waals surface area contributed by atoms with Crippen molar-refractivity contribution in [2.24, 2.45) is 0 Å². The van der Waals surface area contributed by atoms with Gasteiger partial charge in [-0.2, -0.15) is 0 Å². The van der Waals surface area contributed by atoms with Gasteiger partial charge in [-0.25, -0.2) is 4.39 Å². The number of benzene rings is 1.